The maximum absolute atomic E-state index is 12.2. The molecule has 1 atom stereocenters. The molecule has 0 aromatic heterocycles. The Labute approximate surface area is 129 Å². The van der Waals surface area contributed by atoms with Gasteiger partial charge in [0.1, 0.15) is 11.6 Å². The lowest BCUT2D eigenvalue weighted by molar-refractivity contribution is -0.160. The van der Waals surface area contributed by atoms with Gasteiger partial charge in [-0.3, -0.25) is 9.69 Å². The first kappa shape index (κ1) is 18.0. The molecule has 1 heterocycles. The largest absolute Gasteiger partial charge is 0.459 e. The minimum Gasteiger partial charge on any atom is -0.459 e. The normalized spacial score (nSPS) is 20.3. The number of nitriles is 1. The smallest absolute Gasteiger partial charge is 0.323 e. The molecule has 1 rings (SSSR count). The molecular weight excluding hydrogens is 264 g/mol. The summed E-state index contributed by atoms with van der Waals surface area (Å²) in [5.74, 6) is -0.0858. The fourth-order valence-electron chi connectivity index (χ4n) is 2.67. The second-order valence-corrected chi connectivity index (χ2v) is 7.68. The third-order valence-electron chi connectivity index (χ3n) is 3.84. The molecule has 1 saturated heterocycles. The van der Waals surface area contributed by atoms with Gasteiger partial charge in [-0.2, -0.15) is 5.26 Å². The van der Waals surface area contributed by atoms with Crippen LogP contribution in [-0.4, -0.2) is 35.6 Å². The number of hydrogen-bond donors (Lipinski definition) is 0. The number of nitrogens with zero attached hydrogens (tertiary/aromatic N) is 2. The number of unbranched alkanes of at least 4 members (excludes halogenated alkanes) is 1. The molecule has 0 aromatic rings. The first-order valence-electron chi connectivity index (χ1n) is 8.03. The quantitative estimate of drug-likeness (QED) is 0.555. The van der Waals surface area contributed by atoms with E-state index in [-0.39, 0.29) is 17.4 Å². The van der Waals surface area contributed by atoms with Crippen molar-refractivity contribution < 1.29 is 9.53 Å². The first-order chi connectivity index (χ1) is 9.64. The molecule has 0 N–H and O–H groups in total. The second-order valence-electron chi connectivity index (χ2n) is 7.68. The van der Waals surface area contributed by atoms with E-state index >= 15 is 0 Å². The lowest BCUT2D eigenvalue weighted by Gasteiger charge is -2.27. The van der Waals surface area contributed by atoms with Gasteiger partial charge < -0.3 is 4.74 Å². The van der Waals surface area contributed by atoms with Crippen LogP contribution in [0.4, 0.5) is 0 Å². The Morgan fingerprint density at radius 2 is 1.95 bits per heavy atom. The van der Waals surface area contributed by atoms with Gasteiger partial charge >= 0.3 is 5.97 Å². The number of esters is 1. The van der Waals surface area contributed by atoms with E-state index in [1.54, 1.807) is 0 Å². The van der Waals surface area contributed by atoms with Crippen molar-refractivity contribution in [2.45, 2.75) is 78.4 Å². The summed E-state index contributed by atoms with van der Waals surface area (Å²) in [6, 6.07) is 2.26. The van der Waals surface area contributed by atoms with Crippen LogP contribution in [0.1, 0.15) is 66.7 Å². The van der Waals surface area contributed by atoms with Crippen LogP contribution < -0.4 is 0 Å². The van der Waals surface area contributed by atoms with E-state index < -0.39 is 5.60 Å². The number of hydrogen-bond acceptors (Lipinski definition) is 4. The molecule has 0 bridgehead atoms. The van der Waals surface area contributed by atoms with E-state index in [0.29, 0.717) is 0 Å². The number of carbonyl (C=O) groups excluding carboxylic acids is 1. The summed E-state index contributed by atoms with van der Waals surface area (Å²) in [4.78, 5) is 14.4. The van der Waals surface area contributed by atoms with Gasteiger partial charge in [-0.15, -0.1) is 0 Å². The molecule has 120 valence electrons. The topological polar surface area (TPSA) is 53.3 Å². The minimum absolute atomic E-state index is 0.0757. The van der Waals surface area contributed by atoms with Crippen LogP contribution in [0, 0.1) is 16.7 Å². The molecule has 1 fully saturated rings. The van der Waals surface area contributed by atoms with Crippen molar-refractivity contribution in [3.05, 3.63) is 0 Å². The van der Waals surface area contributed by atoms with Crippen molar-refractivity contribution in [2.75, 3.05) is 13.1 Å². The highest BCUT2D eigenvalue weighted by Gasteiger charge is 2.33. The van der Waals surface area contributed by atoms with E-state index in [4.69, 9.17) is 10.00 Å². The molecule has 0 amide bonds. The van der Waals surface area contributed by atoms with Crippen LogP contribution in [0.3, 0.4) is 0 Å². The Morgan fingerprint density at radius 1 is 1.29 bits per heavy atom. The van der Waals surface area contributed by atoms with E-state index in [1.165, 1.54) is 0 Å². The molecule has 4 nitrogen and oxygen atoms in total. The van der Waals surface area contributed by atoms with Gasteiger partial charge in [0.05, 0.1) is 11.5 Å². The predicted molar refractivity (Wildman–Crippen MR) is 83.7 cm³/mol. The standard InChI is InChI=1S/C17H30N2O2/c1-16(2,3)21-15(20)14-9-8-12-19(14)11-7-6-10-17(4,5)13-18/h14H,6-12H2,1-5H3/t14-/m1/s1. The van der Waals surface area contributed by atoms with Crippen LogP contribution in [0.2, 0.25) is 0 Å². The fraction of sp³-hybridized carbons (Fsp3) is 0.882. The van der Waals surface area contributed by atoms with Gasteiger partial charge in [0.25, 0.3) is 0 Å². The monoisotopic (exact) mass is 294 g/mol. The van der Waals surface area contributed by atoms with Crippen molar-refractivity contribution in [3.63, 3.8) is 0 Å². The van der Waals surface area contributed by atoms with Crippen LogP contribution in [0.5, 0.6) is 0 Å². The molecule has 1 aliphatic rings. The molecule has 0 unspecified atom stereocenters. The van der Waals surface area contributed by atoms with Gasteiger partial charge in [-0.1, -0.05) is 6.42 Å². The summed E-state index contributed by atoms with van der Waals surface area (Å²) < 4.78 is 5.51. The zero-order valence-corrected chi connectivity index (χ0v) is 14.2. The third-order valence-corrected chi connectivity index (χ3v) is 3.84. The molecule has 0 saturated carbocycles. The number of rotatable bonds is 6. The summed E-state index contributed by atoms with van der Waals surface area (Å²) >= 11 is 0. The highest BCUT2D eigenvalue weighted by atomic mass is 16.6. The average molecular weight is 294 g/mol. The summed E-state index contributed by atoms with van der Waals surface area (Å²) in [7, 11) is 0. The summed E-state index contributed by atoms with van der Waals surface area (Å²) in [6.45, 7) is 11.6. The molecule has 0 aliphatic carbocycles. The molecule has 0 aromatic carbocycles. The highest BCUT2D eigenvalue weighted by Crippen LogP contribution is 2.24. The molecular formula is C17H30N2O2. The maximum atomic E-state index is 12.2. The van der Waals surface area contributed by atoms with Crippen molar-refractivity contribution in [2.24, 2.45) is 5.41 Å². The summed E-state index contributed by atoms with van der Waals surface area (Å²) in [6.07, 6.45) is 4.93. The predicted octanol–water partition coefficient (Wildman–Crippen LogP) is 3.51. The lowest BCUT2D eigenvalue weighted by atomic mass is 9.89. The Bertz CT molecular complexity index is 391. The Kier molecular flexibility index (Phi) is 6.22. The maximum Gasteiger partial charge on any atom is 0.323 e. The van der Waals surface area contributed by atoms with Crippen molar-refractivity contribution in [1.29, 1.82) is 5.26 Å². The van der Waals surface area contributed by atoms with Gasteiger partial charge in [-0.25, -0.2) is 0 Å². The third kappa shape index (κ3) is 6.48. The summed E-state index contributed by atoms with van der Waals surface area (Å²) in [5, 5.41) is 9.01. The molecule has 0 spiro atoms. The Balaban J connectivity index is 2.38. The second kappa shape index (κ2) is 7.26. The van der Waals surface area contributed by atoms with Gasteiger partial charge in [0, 0.05) is 0 Å². The molecule has 0 radical (unpaired) electrons. The van der Waals surface area contributed by atoms with E-state index in [1.807, 2.05) is 34.6 Å². The molecule has 4 heteroatoms. The molecule has 1 aliphatic heterocycles. The van der Waals surface area contributed by atoms with Crippen LogP contribution in [0.25, 0.3) is 0 Å². The van der Waals surface area contributed by atoms with E-state index in [9.17, 15) is 4.79 Å². The SMILES string of the molecule is CC(C)(C#N)CCCCN1CCC[C@@H]1C(=O)OC(C)(C)C. The Morgan fingerprint density at radius 3 is 2.52 bits per heavy atom. The van der Waals surface area contributed by atoms with Crippen molar-refractivity contribution in [1.82, 2.24) is 4.90 Å². The van der Waals surface area contributed by atoms with E-state index in [0.717, 1.165) is 45.2 Å². The van der Waals surface area contributed by atoms with Crippen LogP contribution in [0.15, 0.2) is 0 Å². The zero-order valence-electron chi connectivity index (χ0n) is 14.2. The zero-order chi connectivity index (χ0) is 16.1. The van der Waals surface area contributed by atoms with Crippen molar-refractivity contribution >= 4 is 5.97 Å². The van der Waals surface area contributed by atoms with Crippen molar-refractivity contribution in [3.8, 4) is 6.07 Å². The lowest BCUT2D eigenvalue weighted by Crippen LogP contribution is -2.40. The number of carbonyl (C=O) groups is 1. The van der Waals surface area contributed by atoms with Gasteiger partial charge in [-0.05, 0) is 73.4 Å². The molecule has 21 heavy (non-hydrogen) atoms. The van der Waals surface area contributed by atoms with Crippen LogP contribution >= 0.6 is 0 Å². The minimum atomic E-state index is -0.415. The summed E-state index contributed by atoms with van der Waals surface area (Å²) in [5.41, 5.74) is -0.655. The van der Waals surface area contributed by atoms with Crippen LogP contribution in [-0.2, 0) is 9.53 Å². The Hall–Kier alpha value is -1.08. The van der Waals surface area contributed by atoms with Gasteiger partial charge in [0.15, 0.2) is 0 Å². The van der Waals surface area contributed by atoms with E-state index in [2.05, 4.69) is 11.0 Å². The highest BCUT2D eigenvalue weighted by molar-refractivity contribution is 5.76. The van der Waals surface area contributed by atoms with Gasteiger partial charge in [0.2, 0.25) is 0 Å². The number of ether oxygens (including phenoxy) is 1. The fourth-order valence-corrected chi connectivity index (χ4v) is 2.67. The average Bonchev–Trinajstić information content (AvgIpc) is 2.81. The first-order valence-corrected chi connectivity index (χ1v) is 8.03. The number of likely N-dealkylation sites (tertiary alicyclic amines) is 1.